The highest BCUT2D eigenvalue weighted by molar-refractivity contribution is 6.31. The lowest BCUT2D eigenvalue weighted by molar-refractivity contribution is 0.220. The summed E-state index contributed by atoms with van der Waals surface area (Å²) in [6.07, 6.45) is 3.85. The van der Waals surface area contributed by atoms with Crippen molar-refractivity contribution in [1.82, 2.24) is 9.78 Å². The van der Waals surface area contributed by atoms with Gasteiger partial charge in [-0.1, -0.05) is 36.7 Å². The second-order valence-corrected chi connectivity index (χ2v) is 4.37. The highest BCUT2D eigenvalue weighted by atomic mass is 35.5. The minimum atomic E-state index is -0.714. The second-order valence-electron chi connectivity index (χ2n) is 3.96. The van der Waals surface area contributed by atoms with Crippen LogP contribution in [0.1, 0.15) is 30.6 Å². The fourth-order valence-electron chi connectivity index (χ4n) is 1.75. The standard InChI is InChI=1S/C13H15ClN2O/c1-2-7-16-9-10(8-15-16)13(17)11-5-3-4-6-12(11)14/h3-6,8-9,13,17H,2,7H2,1H3. The van der Waals surface area contributed by atoms with Crippen molar-refractivity contribution in [1.29, 1.82) is 0 Å². The fraction of sp³-hybridized carbons (Fsp3) is 0.308. The van der Waals surface area contributed by atoms with Gasteiger partial charge in [-0.25, -0.2) is 0 Å². The lowest BCUT2D eigenvalue weighted by atomic mass is 10.1. The van der Waals surface area contributed by atoms with Gasteiger partial charge in [-0.05, 0) is 12.5 Å². The van der Waals surface area contributed by atoms with Gasteiger partial charge in [0.1, 0.15) is 6.10 Å². The number of aryl methyl sites for hydroxylation is 1. The summed E-state index contributed by atoms with van der Waals surface area (Å²) in [5.41, 5.74) is 1.48. The third kappa shape index (κ3) is 2.68. The third-order valence-electron chi connectivity index (χ3n) is 2.62. The molecule has 1 heterocycles. The summed E-state index contributed by atoms with van der Waals surface area (Å²) in [7, 11) is 0. The van der Waals surface area contributed by atoms with E-state index in [1.807, 2.05) is 29.1 Å². The van der Waals surface area contributed by atoms with Crippen LogP contribution in [0, 0.1) is 0 Å². The molecule has 0 aliphatic carbocycles. The Morgan fingerprint density at radius 2 is 2.18 bits per heavy atom. The lowest BCUT2D eigenvalue weighted by Crippen LogP contribution is -2.00. The second kappa shape index (κ2) is 5.34. The predicted octanol–water partition coefficient (Wildman–Crippen LogP) is 3.03. The van der Waals surface area contributed by atoms with E-state index in [9.17, 15) is 5.11 Å². The van der Waals surface area contributed by atoms with Gasteiger partial charge in [-0.2, -0.15) is 5.10 Å². The van der Waals surface area contributed by atoms with E-state index in [0.717, 1.165) is 18.5 Å². The van der Waals surface area contributed by atoms with Crippen LogP contribution in [0.5, 0.6) is 0 Å². The van der Waals surface area contributed by atoms with Crippen LogP contribution in [-0.2, 0) is 6.54 Å². The molecule has 0 saturated carbocycles. The van der Waals surface area contributed by atoms with E-state index in [4.69, 9.17) is 11.6 Å². The fourth-order valence-corrected chi connectivity index (χ4v) is 1.99. The molecular formula is C13H15ClN2O. The summed E-state index contributed by atoms with van der Waals surface area (Å²) >= 11 is 6.05. The number of hydrogen-bond donors (Lipinski definition) is 1. The Hall–Kier alpha value is -1.32. The minimum absolute atomic E-state index is 0.572. The normalized spacial score (nSPS) is 12.6. The number of rotatable bonds is 4. The molecule has 1 unspecified atom stereocenters. The number of aliphatic hydroxyl groups is 1. The molecule has 3 nitrogen and oxygen atoms in total. The van der Waals surface area contributed by atoms with Crippen molar-refractivity contribution >= 4 is 11.6 Å². The Morgan fingerprint density at radius 1 is 1.41 bits per heavy atom. The number of benzene rings is 1. The van der Waals surface area contributed by atoms with Crippen LogP contribution in [0.15, 0.2) is 36.7 Å². The van der Waals surface area contributed by atoms with Crippen molar-refractivity contribution in [2.24, 2.45) is 0 Å². The maximum Gasteiger partial charge on any atom is 0.109 e. The molecule has 2 rings (SSSR count). The molecule has 1 N–H and O–H groups in total. The average Bonchev–Trinajstić information content (AvgIpc) is 2.78. The van der Waals surface area contributed by atoms with Crippen molar-refractivity contribution in [2.45, 2.75) is 26.0 Å². The van der Waals surface area contributed by atoms with Gasteiger partial charge >= 0.3 is 0 Å². The van der Waals surface area contributed by atoms with Crippen molar-refractivity contribution in [3.63, 3.8) is 0 Å². The van der Waals surface area contributed by atoms with E-state index in [1.54, 1.807) is 12.3 Å². The topological polar surface area (TPSA) is 38.0 Å². The van der Waals surface area contributed by atoms with Crippen LogP contribution < -0.4 is 0 Å². The molecule has 0 fully saturated rings. The summed E-state index contributed by atoms with van der Waals surface area (Å²) in [5, 5.41) is 15.0. The van der Waals surface area contributed by atoms with Crippen LogP contribution in [-0.4, -0.2) is 14.9 Å². The zero-order chi connectivity index (χ0) is 12.3. The third-order valence-corrected chi connectivity index (χ3v) is 2.97. The lowest BCUT2D eigenvalue weighted by Gasteiger charge is -2.10. The van der Waals surface area contributed by atoms with E-state index in [2.05, 4.69) is 12.0 Å². The quantitative estimate of drug-likeness (QED) is 0.906. The molecule has 4 heteroatoms. The maximum atomic E-state index is 10.2. The van der Waals surface area contributed by atoms with E-state index in [1.165, 1.54) is 0 Å². The molecular weight excluding hydrogens is 236 g/mol. The first-order valence-electron chi connectivity index (χ1n) is 5.67. The number of hydrogen-bond acceptors (Lipinski definition) is 2. The van der Waals surface area contributed by atoms with Crippen molar-refractivity contribution in [3.05, 3.63) is 52.8 Å². The largest absolute Gasteiger partial charge is 0.383 e. The van der Waals surface area contributed by atoms with Crippen LogP contribution >= 0.6 is 11.6 Å². The minimum Gasteiger partial charge on any atom is -0.383 e. The van der Waals surface area contributed by atoms with E-state index in [-0.39, 0.29) is 0 Å². The molecule has 0 bridgehead atoms. The van der Waals surface area contributed by atoms with E-state index in [0.29, 0.717) is 10.6 Å². The molecule has 17 heavy (non-hydrogen) atoms. The summed E-state index contributed by atoms with van der Waals surface area (Å²) < 4.78 is 1.83. The van der Waals surface area contributed by atoms with Gasteiger partial charge in [0.15, 0.2) is 0 Å². The maximum absolute atomic E-state index is 10.2. The van der Waals surface area contributed by atoms with Crippen molar-refractivity contribution in [3.8, 4) is 0 Å². The predicted molar refractivity (Wildman–Crippen MR) is 68.0 cm³/mol. The first kappa shape index (κ1) is 12.1. The summed E-state index contributed by atoms with van der Waals surface area (Å²) in [4.78, 5) is 0. The Bertz CT molecular complexity index is 496. The smallest absolute Gasteiger partial charge is 0.109 e. The van der Waals surface area contributed by atoms with Crippen LogP contribution in [0.4, 0.5) is 0 Å². The Balaban J connectivity index is 2.24. The SMILES string of the molecule is CCCn1cc(C(O)c2ccccc2Cl)cn1. The van der Waals surface area contributed by atoms with Gasteiger partial charge in [0.05, 0.1) is 6.20 Å². The molecule has 1 aromatic heterocycles. The van der Waals surface area contributed by atoms with Gasteiger partial charge in [0, 0.05) is 28.9 Å². The first-order valence-corrected chi connectivity index (χ1v) is 6.05. The molecule has 0 radical (unpaired) electrons. The number of aliphatic hydroxyl groups excluding tert-OH is 1. The molecule has 0 saturated heterocycles. The molecule has 2 aromatic rings. The highest BCUT2D eigenvalue weighted by Crippen LogP contribution is 2.27. The molecule has 90 valence electrons. The van der Waals surface area contributed by atoms with Crippen molar-refractivity contribution < 1.29 is 5.11 Å². The molecule has 0 aliphatic rings. The Labute approximate surface area is 106 Å². The van der Waals surface area contributed by atoms with Gasteiger partial charge in [0.2, 0.25) is 0 Å². The number of halogens is 1. The molecule has 0 spiro atoms. The summed E-state index contributed by atoms with van der Waals surface area (Å²) in [5.74, 6) is 0. The van der Waals surface area contributed by atoms with Gasteiger partial charge < -0.3 is 5.11 Å². The molecule has 1 aromatic carbocycles. The average molecular weight is 251 g/mol. The summed E-state index contributed by atoms with van der Waals surface area (Å²) in [6, 6.07) is 7.31. The van der Waals surface area contributed by atoms with Gasteiger partial charge in [-0.15, -0.1) is 0 Å². The van der Waals surface area contributed by atoms with Crippen LogP contribution in [0.25, 0.3) is 0 Å². The Morgan fingerprint density at radius 3 is 2.88 bits per heavy atom. The monoisotopic (exact) mass is 250 g/mol. The highest BCUT2D eigenvalue weighted by Gasteiger charge is 2.15. The molecule has 0 amide bonds. The van der Waals surface area contributed by atoms with Gasteiger partial charge in [0.25, 0.3) is 0 Å². The Kier molecular flexibility index (Phi) is 3.82. The zero-order valence-electron chi connectivity index (χ0n) is 9.68. The first-order chi connectivity index (χ1) is 8.22. The number of aromatic nitrogens is 2. The van der Waals surface area contributed by atoms with E-state index >= 15 is 0 Å². The van der Waals surface area contributed by atoms with E-state index < -0.39 is 6.10 Å². The summed E-state index contributed by atoms with van der Waals surface area (Å²) in [6.45, 7) is 2.95. The molecule has 1 atom stereocenters. The van der Waals surface area contributed by atoms with Crippen LogP contribution in [0.3, 0.4) is 0 Å². The van der Waals surface area contributed by atoms with Crippen molar-refractivity contribution in [2.75, 3.05) is 0 Å². The zero-order valence-corrected chi connectivity index (χ0v) is 10.4. The van der Waals surface area contributed by atoms with Crippen LogP contribution in [0.2, 0.25) is 5.02 Å². The number of nitrogens with zero attached hydrogens (tertiary/aromatic N) is 2. The van der Waals surface area contributed by atoms with Gasteiger partial charge in [-0.3, -0.25) is 4.68 Å². The molecule has 0 aliphatic heterocycles.